The van der Waals surface area contributed by atoms with Gasteiger partial charge in [0.25, 0.3) is 0 Å². The predicted octanol–water partition coefficient (Wildman–Crippen LogP) is 4.04. The zero-order valence-electron chi connectivity index (χ0n) is 9.01. The Morgan fingerprint density at radius 2 is 2.18 bits per heavy atom. The zero-order valence-corrected chi connectivity index (χ0v) is 10.5. The molecule has 0 spiro atoms. The number of fused-ring (bicyclic) bond motifs is 1. The van der Waals surface area contributed by atoms with Crippen molar-refractivity contribution in [3.63, 3.8) is 0 Å². The maximum Gasteiger partial charge on any atom is 0.0698 e. The van der Waals surface area contributed by atoms with Crippen molar-refractivity contribution in [1.82, 2.24) is 9.78 Å². The van der Waals surface area contributed by atoms with Crippen LogP contribution in [0.5, 0.6) is 0 Å². The first-order chi connectivity index (χ1) is 8.11. The molecule has 1 aromatic heterocycles. The third-order valence-electron chi connectivity index (χ3n) is 2.37. The van der Waals surface area contributed by atoms with Gasteiger partial charge in [-0.25, -0.2) is 0 Å². The molecule has 0 saturated carbocycles. The van der Waals surface area contributed by atoms with E-state index >= 15 is 0 Å². The summed E-state index contributed by atoms with van der Waals surface area (Å²) < 4.78 is 1.75. The van der Waals surface area contributed by atoms with Crippen LogP contribution in [0.4, 0.5) is 0 Å². The van der Waals surface area contributed by atoms with E-state index in [2.05, 4.69) is 15.1 Å². The lowest BCUT2D eigenvalue weighted by Gasteiger charge is -2.06. The van der Waals surface area contributed by atoms with E-state index < -0.39 is 0 Å². The van der Waals surface area contributed by atoms with Gasteiger partial charge < -0.3 is 0 Å². The molecule has 5 nitrogen and oxygen atoms in total. The summed E-state index contributed by atoms with van der Waals surface area (Å²) in [5.41, 5.74) is 9.22. The molecule has 0 amide bonds. The number of azide groups is 1. The first-order valence-electron chi connectivity index (χ1n) is 4.96. The molecule has 0 aliphatic heterocycles. The van der Waals surface area contributed by atoms with E-state index in [0.29, 0.717) is 16.6 Å². The summed E-state index contributed by atoms with van der Waals surface area (Å²) >= 11 is 11.9. The summed E-state index contributed by atoms with van der Waals surface area (Å²) in [6.45, 7) is 2.33. The molecule has 0 radical (unpaired) electrons. The highest BCUT2D eigenvalue weighted by atomic mass is 35.5. The van der Waals surface area contributed by atoms with Crippen molar-refractivity contribution < 1.29 is 0 Å². The highest BCUT2D eigenvalue weighted by Crippen LogP contribution is 2.27. The summed E-state index contributed by atoms with van der Waals surface area (Å²) in [4.78, 5) is 2.76. The van der Waals surface area contributed by atoms with Crippen LogP contribution < -0.4 is 0 Å². The van der Waals surface area contributed by atoms with Gasteiger partial charge in [-0.3, -0.25) is 4.68 Å². The molecule has 0 aliphatic carbocycles. The second-order valence-corrected chi connectivity index (χ2v) is 4.52. The smallest absolute Gasteiger partial charge is 0.0698 e. The topological polar surface area (TPSA) is 66.6 Å². The standard InChI is InChI=1S/C10H9Cl2N5/c1-6(15-16-13)5-17-10-3-9(12)8(11)2-7(10)4-14-17/h2-4,6H,5H2,1H3/t6-/m0/s1. The minimum absolute atomic E-state index is 0.169. The number of rotatable bonds is 3. The Balaban J connectivity index is 2.42. The van der Waals surface area contributed by atoms with E-state index in [9.17, 15) is 0 Å². The van der Waals surface area contributed by atoms with Crippen LogP contribution in [-0.4, -0.2) is 15.8 Å². The largest absolute Gasteiger partial charge is 0.264 e. The van der Waals surface area contributed by atoms with Crippen molar-refractivity contribution >= 4 is 34.1 Å². The monoisotopic (exact) mass is 269 g/mol. The molecule has 0 bridgehead atoms. The Kier molecular flexibility index (Phi) is 3.43. The maximum absolute atomic E-state index is 8.35. The van der Waals surface area contributed by atoms with Gasteiger partial charge in [-0.1, -0.05) is 35.2 Å². The minimum Gasteiger partial charge on any atom is -0.264 e. The fourth-order valence-electron chi connectivity index (χ4n) is 1.59. The molecular weight excluding hydrogens is 261 g/mol. The molecule has 1 atom stereocenters. The average molecular weight is 270 g/mol. The summed E-state index contributed by atoms with van der Waals surface area (Å²) in [5.74, 6) is 0. The molecule has 0 fully saturated rings. The van der Waals surface area contributed by atoms with Gasteiger partial charge in [-0.05, 0) is 17.7 Å². The molecule has 1 heterocycles. The van der Waals surface area contributed by atoms with Gasteiger partial charge in [0.1, 0.15) is 0 Å². The summed E-state index contributed by atoms with van der Waals surface area (Å²) in [6.07, 6.45) is 1.71. The Labute approximate surface area is 108 Å². The first-order valence-corrected chi connectivity index (χ1v) is 5.72. The van der Waals surface area contributed by atoms with Gasteiger partial charge >= 0.3 is 0 Å². The summed E-state index contributed by atoms with van der Waals surface area (Å²) in [5, 5.41) is 9.72. The summed E-state index contributed by atoms with van der Waals surface area (Å²) in [6, 6.07) is 3.35. The van der Waals surface area contributed by atoms with Gasteiger partial charge in [0.15, 0.2) is 0 Å². The van der Waals surface area contributed by atoms with Crippen LogP contribution in [0.1, 0.15) is 6.92 Å². The van der Waals surface area contributed by atoms with E-state index in [-0.39, 0.29) is 6.04 Å². The van der Waals surface area contributed by atoms with Gasteiger partial charge in [0.2, 0.25) is 0 Å². The Bertz CT molecular complexity index is 600. The zero-order chi connectivity index (χ0) is 12.4. The molecule has 2 aromatic rings. The lowest BCUT2D eigenvalue weighted by molar-refractivity contribution is 0.551. The van der Waals surface area contributed by atoms with Gasteiger partial charge in [0, 0.05) is 16.8 Å². The fourth-order valence-corrected chi connectivity index (χ4v) is 1.92. The molecule has 1 aromatic carbocycles. The fraction of sp³-hybridized carbons (Fsp3) is 0.300. The number of hydrogen-bond acceptors (Lipinski definition) is 2. The predicted molar refractivity (Wildman–Crippen MR) is 68.4 cm³/mol. The third kappa shape index (κ3) is 2.47. The number of hydrogen-bond donors (Lipinski definition) is 0. The van der Waals surface area contributed by atoms with E-state index in [0.717, 1.165) is 10.9 Å². The third-order valence-corrected chi connectivity index (χ3v) is 3.09. The SMILES string of the molecule is C[C@@H](Cn1ncc2cc(Cl)c(Cl)cc21)N=[N+]=[N-]. The number of benzene rings is 1. The van der Waals surface area contributed by atoms with Crippen LogP contribution >= 0.6 is 23.2 Å². The van der Waals surface area contributed by atoms with Crippen molar-refractivity contribution in [2.24, 2.45) is 5.11 Å². The molecule has 88 valence electrons. The number of aromatic nitrogens is 2. The highest BCUT2D eigenvalue weighted by molar-refractivity contribution is 6.42. The van der Waals surface area contributed by atoms with Crippen molar-refractivity contribution in [1.29, 1.82) is 0 Å². The number of halogens is 2. The Morgan fingerprint density at radius 3 is 2.88 bits per heavy atom. The van der Waals surface area contributed by atoms with Crippen LogP contribution in [0, 0.1) is 0 Å². The molecule has 0 unspecified atom stereocenters. The minimum atomic E-state index is -0.169. The molecule has 0 aliphatic rings. The van der Waals surface area contributed by atoms with Gasteiger partial charge in [-0.2, -0.15) is 5.10 Å². The van der Waals surface area contributed by atoms with E-state index in [1.165, 1.54) is 0 Å². The molecule has 0 N–H and O–H groups in total. The Morgan fingerprint density at radius 1 is 1.47 bits per heavy atom. The maximum atomic E-state index is 8.35. The van der Waals surface area contributed by atoms with Crippen LogP contribution in [0.2, 0.25) is 10.0 Å². The van der Waals surface area contributed by atoms with Crippen molar-refractivity contribution in [3.05, 3.63) is 38.8 Å². The van der Waals surface area contributed by atoms with E-state index in [4.69, 9.17) is 28.7 Å². The van der Waals surface area contributed by atoms with Crippen molar-refractivity contribution in [2.45, 2.75) is 19.5 Å². The molecule has 17 heavy (non-hydrogen) atoms. The first kappa shape index (κ1) is 12.0. The van der Waals surface area contributed by atoms with Crippen LogP contribution in [0.25, 0.3) is 21.3 Å². The molecule has 7 heteroatoms. The highest BCUT2D eigenvalue weighted by Gasteiger charge is 2.08. The molecular formula is C10H9Cl2N5. The van der Waals surface area contributed by atoms with Crippen LogP contribution in [0.3, 0.4) is 0 Å². The average Bonchev–Trinajstić information content (AvgIpc) is 2.63. The molecule has 2 rings (SSSR count). The normalized spacial score (nSPS) is 12.4. The van der Waals surface area contributed by atoms with Crippen molar-refractivity contribution in [2.75, 3.05) is 0 Å². The van der Waals surface area contributed by atoms with E-state index in [1.54, 1.807) is 23.0 Å². The lowest BCUT2D eigenvalue weighted by atomic mass is 10.2. The van der Waals surface area contributed by atoms with Gasteiger partial charge in [-0.15, -0.1) is 0 Å². The van der Waals surface area contributed by atoms with Crippen molar-refractivity contribution in [3.8, 4) is 0 Å². The second-order valence-electron chi connectivity index (χ2n) is 3.71. The van der Waals surface area contributed by atoms with Crippen LogP contribution in [-0.2, 0) is 6.54 Å². The van der Waals surface area contributed by atoms with Gasteiger partial charge in [0.05, 0.1) is 27.8 Å². The van der Waals surface area contributed by atoms with E-state index in [1.807, 2.05) is 6.92 Å². The molecule has 0 saturated heterocycles. The summed E-state index contributed by atoms with van der Waals surface area (Å²) in [7, 11) is 0. The number of nitrogens with zero attached hydrogens (tertiary/aromatic N) is 5. The second kappa shape index (κ2) is 4.84. The Hall–Kier alpha value is -1.42. The lowest BCUT2D eigenvalue weighted by Crippen LogP contribution is -2.10. The quantitative estimate of drug-likeness (QED) is 0.471. The van der Waals surface area contributed by atoms with Crippen LogP contribution in [0.15, 0.2) is 23.4 Å².